The van der Waals surface area contributed by atoms with Crippen molar-refractivity contribution in [1.82, 2.24) is 4.57 Å². The number of benzene rings is 1. The summed E-state index contributed by atoms with van der Waals surface area (Å²) in [4.78, 5) is 23.7. The third kappa shape index (κ3) is 2.50. The van der Waals surface area contributed by atoms with Gasteiger partial charge in [-0.05, 0) is 13.0 Å². The number of pyridine rings is 1. The monoisotopic (exact) mass is 227 g/mol. The van der Waals surface area contributed by atoms with E-state index in [2.05, 4.69) is 0 Å². The van der Waals surface area contributed by atoms with Gasteiger partial charge >= 0.3 is 0 Å². The van der Waals surface area contributed by atoms with Gasteiger partial charge in [-0.25, -0.2) is 0 Å². The Morgan fingerprint density at radius 1 is 1.12 bits per heavy atom. The van der Waals surface area contributed by atoms with Crippen molar-refractivity contribution >= 4 is 5.78 Å². The number of aromatic nitrogens is 1. The highest BCUT2D eigenvalue weighted by Crippen LogP contribution is 2.01. The van der Waals surface area contributed by atoms with Gasteiger partial charge in [-0.15, -0.1) is 0 Å². The van der Waals surface area contributed by atoms with E-state index in [1.165, 1.54) is 4.57 Å². The van der Waals surface area contributed by atoms with Gasteiger partial charge in [-0.1, -0.05) is 36.4 Å². The molecule has 1 aromatic carbocycles. The van der Waals surface area contributed by atoms with Crippen molar-refractivity contribution in [3.05, 3.63) is 70.1 Å². The van der Waals surface area contributed by atoms with Crippen LogP contribution < -0.4 is 5.56 Å². The van der Waals surface area contributed by atoms with Crippen molar-refractivity contribution in [2.45, 2.75) is 13.5 Å². The van der Waals surface area contributed by atoms with E-state index >= 15 is 0 Å². The first-order chi connectivity index (χ1) is 8.18. The molecule has 0 saturated carbocycles. The number of Topliss-reactive ketones (excluding diaryl/α,β-unsaturated/α-hetero) is 1. The Bertz CT molecular complexity index is 585. The number of aryl methyl sites for hydroxylation is 1. The Morgan fingerprint density at radius 3 is 2.53 bits per heavy atom. The van der Waals surface area contributed by atoms with Gasteiger partial charge in [-0.3, -0.25) is 9.59 Å². The SMILES string of the molecule is Cc1cccn(CC(=O)c2ccccc2)c1=O. The molecule has 1 aromatic heterocycles. The second kappa shape index (κ2) is 4.78. The Labute approximate surface area is 99.3 Å². The first kappa shape index (κ1) is 11.3. The maximum Gasteiger partial charge on any atom is 0.253 e. The summed E-state index contributed by atoms with van der Waals surface area (Å²) < 4.78 is 1.44. The van der Waals surface area contributed by atoms with Crippen LogP contribution in [0, 0.1) is 6.92 Å². The molecule has 0 aliphatic rings. The summed E-state index contributed by atoms with van der Waals surface area (Å²) in [5.74, 6) is -0.0571. The number of carbonyl (C=O) groups is 1. The molecule has 0 spiro atoms. The van der Waals surface area contributed by atoms with Gasteiger partial charge in [0.15, 0.2) is 5.78 Å². The molecular formula is C14H13NO2. The summed E-state index contributed by atoms with van der Waals surface area (Å²) in [6.07, 6.45) is 1.64. The summed E-state index contributed by atoms with van der Waals surface area (Å²) in [6, 6.07) is 12.5. The maximum absolute atomic E-state index is 11.9. The van der Waals surface area contributed by atoms with E-state index in [1.807, 2.05) is 18.2 Å². The minimum atomic E-state index is -0.114. The van der Waals surface area contributed by atoms with Crippen LogP contribution >= 0.6 is 0 Å². The highest BCUT2D eigenvalue weighted by atomic mass is 16.1. The molecule has 0 N–H and O–H groups in total. The van der Waals surface area contributed by atoms with Crippen molar-refractivity contribution in [2.24, 2.45) is 0 Å². The van der Waals surface area contributed by atoms with Gasteiger partial charge in [0.1, 0.15) is 0 Å². The van der Waals surface area contributed by atoms with Gasteiger partial charge in [0.25, 0.3) is 5.56 Å². The van der Waals surface area contributed by atoms with Crippen molar-refractivity contribution < 1.29 is 4.79 Å². The summed E-state index contributed by atoms with van der Waals surface area (Å²) in [7, 11) is 0. The number of nitrogens with zero attached hydrogens (tertiary/aromatic N) is 1. The summed E-state index contributed by atoms with van der Waals surface area (Å²) in [5.41, 5.74) is 1.16. The molecule has 0 radical (unpaired) electrons. The maximum atomic E-state index is 11.9. The average Bonchev–Trinajstić information content (AvgIpc) is 2.36. The van der Waals surface area contributed by atoms with Gasteiger partial charge < -0.3 is 4.57 Å². The zero-order chi connectivity index (χ0) is 12.3. The van der Waals surface area contributed by atoms with Crippen LogP contribution in [0.25, 0.3) is 0 Å². The van der Waals surface area contributed by atoms with Crippen LogP contribution in [0.15, 0.2) is 53.5 Å². The number of rotatable bonds is 3. The minimum Gasteiger partial charge on any atom is -0.308 e. The second-order valence-corrected chi connectivity index (χ2v) is 3.91. The fraction of sp³-hybridized carbons (Fsp3) is 0.143. The largest absolute Gasteiger partial charge is 0.308 e. The third-order valence-corrected chi connectivity index (χ3v) is 2.62. The van der Waals surface area contributed by atoms with E-state index in [4.69, 9.17) is 0 Å². The third-order valence-electron chi connectivity index (χ3n) is 2.62. The van der Waals surface area contributed by atoms with Gasteiger partial charge in [-0.2, -0.15) is 0 Å². The summed E-state index contributed by atoms with van der Waals surface area (Å²) >= 11 is 0. The van der Waals surface area contributed by atoms with Crippen molar-refractivity contribution in [3.63, 3.8) is 0 Å². The van der Waals surface area contributed by atoms with Crippen molar-refractivity contribution in [2.75, 3.05) is 0 Å². The molecule has 0 amide bonds. The zero-order valence-corrected chi connectivity index (χ0v) is 9.59. The number of ketones is 1. The normalized spacial score (nSPS) is 10.2. The predicted octanol–water partition coefficient (Wildman–Crippen LogP) is 2.04. The lowest BCUT2D eigenvalue weighted by Crippen LogP contribution is -2.25. The van der Waals surface area contributed by atoms with Crippen molar-refractivity contribution in [3.8, 4) is 0 Å². The molecule has 86 valence electrons. The van der Waals surface area contributed by atoms with Crippen molar-refractivity contribution in [1.29, 1.82) is 0 Å². The molecular weight excluding hydrogens is 214 g/mol. The topological polar surface area (TPSA) is 39.1 Å². The Morgan fingerprint density at radius 2 is 1.82 bits per heavy atom. The Hall–Kier alpha value is -2.16. The highest BCUT2D eigenvalue weighted by Gasteiger charge is 2.07. The fourth-order valence-corrected chi connectivity index (χ4v) is 1.65. The van der Waals surface area contributed by atoms with E-state index in [1.54, 1.807) is 37.4 Å². The standard InChI is InChI=1S/C14H13NO2/c1-11-6-5-9-15(14(11)17)10-13(16)12-7-3-2-4-8-12/h2-9H,10H2,1H3. The second-order valence-electron chi connectivity index (χ2n) is 3.91. The molecule has 2 rings (SSSR count). The molecule has 0 aliphatic carbocycles. The Balaban J connectivity index is 2.25. The quantitative estimate of drug-likeness (QED) is 0.753. The molecule has 0 aliphatic heterocycles. The van der Waals surface area contributed by atoms with E-state index in [0.717, 1.165) is 0 Å². The smallest absolute Gasteiger partial charge is 0.253 e. The molecule has 3 heteroatoms. The molecule has 1 heterocycles. The molecule has 0 fully saturated rings. The van der Waals surface area contributed by atoms with E-state index in [0.29, 0.717) is 11.1 Å². The lowest BCUT2D eigenvalue weighted by Gasteiger charge is -2.05. The lowest BCUT2D eigenvalue weighted by molar-refractivity contribution is 0.0971. The van der Waals surface area contributed by atoms with Gasteiger partial charge in [0, 0.05) is 17.3 Å². The summed E-state index contributed by atoms with van der Waals surface area (Å²) in [6.45, 7) is 1.83. The fourth-order valence-electron chi connectivity index (χ4n) is 1.65. The zero-order valence-electron chi connectivity index (χ0n) is 9.59. The number of carbonyl (C=O) groups excluding carboxylic acids is 1. The highest BCUT2D eigenvalue weighted by molar-refractivity contribution is 5.95. The molecule has 2 aromatic rings. The number of hydrogen-bond donors (Lipinski definition) is 0. The minimum absolute atomic E-state index is 0.0571. The molecule has 0 unspecified atom stereocenters. The van der Waals surface area contributed by atoms with Crippen LogP contribution in [-0.4, -0.2) is 10.4 Å². The predicted molar refractivity (Wildman–Crippen MR) is 66.2 cm³/mol. The number of hydrogen-bond acceptors (Lipinski definition) is 2. The van der Waals surface area contributed by atoms with Gasteiger partial charge in [0.2, 0.25) is 0 Å². The average molecular weight is 227 g/mol. The van der Waals surface area contributed by atoms with Crippen LogP contribution in [0.1, 0.15) is 15.9 Å². The van der Waals surface area contributed by atoms with E-state index in [9.17, 15) is 9.59 Å². The van der Waals surface area contributed by atoms with Crippen LogP contribution in [0.5, 0.6) is 0 Å². The van der Waals surface area contributed by atoms with E-state index < -0.39 is 0 Å². The molecule has 17 heavy (non-hydrogen) atoms. The van der Waals surface area contributed by atoms with E-state index in [-0.39, 0.29) is 17.9 Å². The first-order valence-corrected chi connectivity index (χ1v) is 5.43. The summed E-state index contributed by atoms with van der Waals surface area (Å²) in [5, 5.41) is 0. The molecule has 0 atom stereocenters. The lowest BCUT2D eigenvalue weighted by atomic mass is 10.1. The van der Waals surface area contributed by atoms with Gasteiger partial charge in [0.05, 0.1) is 6.54 Å². The van der Waals surface area contributed by atoms with Crippen LogP contribution in [0.2, 0.25) is 0 Å². The Kier molecular flexibility index (Phi) is 3.19. The first-order valence-electron chi connectivity index (χ1n) is 5.43. The molecule has 0 bridgehead atoms. The van der Waals surface area contributed by atoms with Crippen LogP contribution in [0.4, 0.5) is 0 Å². The molecule has 0 saturated heterocycles. The van der Waals surface area contributed by atoms with Crippen LogP contribution in [0.3, 0.4) is 0 Å². The molecule has 3 nitrogen and oxygen atoms in total. The van der Waals surface area contributed by atoms with Crippen LogP contribution in [-0.2, 0) is 6.54 Å².